The van der Waals surface area contributed by atoms with Crippen LogP contribution in [0, 0.1) is 5.92 Å². The van der Waals surface area contributed by atoms with Gasteiger partial charge in [-0.3, -0.25) is 0 Å². The fourth-order valence-corrected chi connectivity index (χ4v) is 2.53. The molecule has 1 saturated carbocycles. The first-order valence-corrected chi connectivity index (χ1v) is 6.56. The molecule has 1 aliphatic rings. The third kappa shape index (κ3) is 3.49. The lowest BCUT2D eigenvalue weighted by atomic mass is 9.81. The summed E-state index contributed by atoms with van der Waals surface area (Å²) in [5.74, 6) is -1.10. The Hall–Kier alpha value is -1.15. The van der Waals surface area contributed by atoms with Crippen molar-refractivity contribution in [2.24, 2.45) is 11.7 Å². The molecule has 1 heterocycles. The van der Waals surface area contributed by atoms with Crippen molar-refractivity contribution in [2.75, 3.05) is 13.7 Å². The van der Waals surface area contributed by atoms with Gasteiger partial charge in [0.05, 0.1) is 18.6 Å². The smallest absolute Gasteiger partial charge is 0.383 e. The monoisotopic (exact) mass is 293 g/mol. The van der Waals surface area contributed by atoms with Gasteiger partial charge < -0.3 is 15.0 Å². The molecule has 1 aliphatic carbocycles. The molecule has 1 aromatic heterocycles. The van der Waals surface area contributed by atoms with E-state index in [2.05, 4.69) is 10.1 Å². The van der Waals surface area contributed by atoms with E-state index in [1.54, 1.807) is 0 Å². The topological polar surface area (TPSA) is 74.2 Å². The Kier molecular flexibility index (Phi) is 4.64. The molecule has 1 fully saturated rings. The van der Waals surface area contributed by atoms with Crippen molar-refractivity contribution in [1.29, 1.82) is 0 Å². The highest BCUT2D eigenvalue weighted by Crippen LogP contribution is 2.43. The largest absolute Gasteiger partial charge is 0.391 e. The van der Waals surface area contributed by atoms with Crippen LogP contribution in [0.25, 0.3) is 0 Å². The lowest BCUT2D eigenvalue weighted by Crippen LogP contribution is -2.28. The number of nitrogens with zero attached hydrogens (tertiary/aromatic N) is 2. The second kappa shape index (κ2) is 6.09. The Morgan fingerprint density at radius 3 is 2.85 bits per heavy atom. The standard InChI is InChI=1S/C12H18F3N3O2/c1-19-6-9(16)10-17-11(20-18-10)7-3-2-4-8(5-7)12(13,14)15/h7-9H,2-6,16H2,1H3. The molecule has 1 aromatic rings. The first kappa shape index (κ1) is 15.2. The number of rotatable bonds is 4. The number of nitrogens with two attached hydrogens (primary N) is 1. The molecule has 3 atom stereocenters. The van der Waals surface area contributed by atoms with Crippen LogP contribution in [0.15, 0.2) is 4.52 Å². The summed E-state index contributed by atoms with van der Waals surface area (Å²) >= 11 is 0. The molecule has 0 spiro atoms. The van der Waals surface area contributed by atoms with Crippen LogP contribution in [0.5, 0.6) is 0 Å². The normalized spacial score (nSPS) is 25.6. The molecule has 0 aliphatic heterocycles. The van der Waals surface area contributed by atoms with Gasteiger partial charge in [-0.15, -0.1) is 0 Å². The van der Waals surface area contributed by atoms with Gasteiger partial charge in [-0.05, 0) is 19.3 Å². The van der Waals surface area contributed by atoms with E-state index in [9.17, 15) is 13.2 Å². The van der Waals surface area contributed by atoms with Gasteiger partial charge in [0.1, 0.15) is 0 Å². The van der Waals surface area contributed by atoms with Gasteiger partial charge in [-0.2, -0.15) is 18.2 Å². The SMILES string of the molecule is COCC(N)c1noc(C2CCCC(C(F)(F)F)C2)n1. The van der Waals surface area contributed by atoms with Crippen LogP contribution in [-0.2, 0) is 4.74 Å². The quantitative estimate of drug-likeness (QED) is 0.923. The first-order valence-electron chi connectivity index (χ1n) is 6.56. The summed E-state index contributed by atoms with van der Waals surface area (Å²) in [7, 11) is 1.50. The molecule has 114 valence electrons. The number of aromatic nitrogens is 2. The Bertz CT molecular complexity index is 436. The number of ether oxygens (including phenoxy) is 1. The molecule has 0 saturated heterocycles. The van der Waals surface area contributed by atoms with E-state index in [0.717, 1.165) is 0 Å². The Balaban J connectivity index is 2.04. The average molecular weight is 293 g/mol. The van der Waals surface area contributed by atoms with Crippen LogP contribution in [0.2, 0.25) is 0 Å². The van der Waals surface area contributed by atoms with Gasteiger partial charge in [0, 0.05) is 13.0 Å². The fourth-order valence-electron chi connectivity index (χ4n) is 2.53. The van der Waals surface area contributed by atoms with Gasteiger partial charge in [-0.1, -0.05) is 11.6 Å². The van der Waals surface area contributed by atoms with E-state index in [-0.39, 0.29) is 37.1 Å². The number of hydrogen-bond donors (Lipinski definition) is 1. The zero-order valence-electron chi connectivity index (χ0n) is 11.2. The maximum atomic E-state index is 12.8. The van der Waals surface area contributed by atoms with Crippen molar-refractivity contribution in [3.05, 3.63) is 11.7 Å². The molecule has 2 rings (SSSR count). The van der Waals surface area contributed by atoms with Crippen molar-refractivity contribution in [1.82, 2.24) is 10.1 Å². The molecule has 3 unspecified atom stereocenters. The van der Waals surface area contributed by atoms with Crippen LogP contribution in [-0.4, -0.2) is 30.0 Å². The molecular formula is C12H18F3N3O2. The molecule has 8 heteroatoms. The van der Waals surface area contributed by atoms with Crippen molar-refractivity contribution in [3.63, 3.8) is 0 Å². The van der Waals surface area contributed by atoms with Crippen LogP contribution < -0.4 is 5.73 Å². The summed E-state index contributed by atoms with van der Waals surface area (Å²) in [5, 5.41) is 3.72. The van der Waals surface area contributed by atoms with Gasteiger partial charge in [0.25, 0.3) is 0 Å². The highest BCUT2D eigenvalue weighted by atomic mass is 19.4. The van der Waals surface area contributed by atoms with Gasteiger partial charge in [0.15, 0.2) is 5.82 Å². The minimum Gasteiger partial charge on any atom is -0.383 e. The lowest BCUT2D eigenvalue weighted by molar-refractivity contribution is -0.183. The second-order valence-electron chi connectivity index (χ2n) is 5.15. The number of hydrogen-bond acceptors (Lipinski definition) is 5. The van der Waals surface area contributed by atoms with Crippen molar-refractivity contribution in [3.8, 4) is 0 Å². The van der Waals surface area contributed by atoms with Crippen LogP contribution in [0.4, 0.5) is 13.2 Å². The van der Waals surface area contributed by atoms with Crippen LogP contribution >= 0.6 is 0 Å². The molecule has 0 bridgehead atoms. The summed E-state index contributed by atoms with van der Waals surface area (Å²) in [4.78, 5) is 4.12. The third-order valence-corrected chi connectivity index (χ3v) is 3.62. The number of halogens is 3. The minimum atomic E-state index is -4.16. The third-order valence-electron chi connectivity index (χ3n) is 3.62. The van der Waals surface area contributed by atoms with E-state index in [0.29, 0.717) is 12.8 Å². The Morgan fingerprint density at radius 1 is 1.45 bits per heavy atom. The molecule has 2 N–H and O–H groups in total. The molecular weight excluding hydrogens is 275 g/mol. The van der Waals surface area contributed by atoms with Gasteiger partial charge in [-0.25, -0.2) is 0 Å². The summed E-state index contributed by atoms with van der Waals surface area (Å²) in [6, 6.07) is -0.528. The minimum absolute atomic E-state index is 0.00461. The van der Waals surface area contributed by atoms with E-state index < -0.39 is 18.1 Å². The highest BCUT2D eigenvalue weighted by molar-refractivity contribution is 5.00. The van der Waals surface area contributed by atoms with Crippen LogP contribution in [0.3, 0.4) is 0 Å². The van der Waals surface area contributed by atoms with E-state index in [1.807, 2.05) is 0 Å². The van der Waals surface area contributed by atoms with E-state index in [1.165, 1.54) is 7.11 Å². The Morgan fingerprint density at radius 2 is 2.20 bits per heavy atom. The van der Waals surface area contributed by atoms with Crippen molar-refractivity contribution in [2.45, 2.75) is 43.8 Å². The summed E-state index contributed by atoms with van der Waals surface area (Å²) in [5.41, 5.74) is 5.75. The molecule has 0 radical (unpaired) electrons. The summed E-state index contributed by atoms with van der Waals surface area (Å²) in [6.07, 6.45) is -2.84. The first-order chi connectivity index (χ1) is 9.41. The van der Waals surface area contributed by atoms with Gasteiger partial charge in [0.2, 0.25) is 5.89 Å². The summed E-state index contributed by atoms with van der Waals surface area (Å²) in [6.45, 7) is 0.231. The fraction of sp³-hybridized carbons (Fsp3) is 0.833. The maximum Gasteiger partial charge on any atom is 0.391 e. The highest BCUT2D eigenvalue weighted by Gasteiger charge is 2.43. The average Bonchev–Trinajstić information content (AvgIpc) is 2.88. The van der Waals surface area contributed by atoms with E-state index in [4.69, 9.17) is 15.0 Å². The lowest BCUT2D eigenvalue weighted by Gasteiger charge is -2.28. The number of methoxy groups -OCH3 is 1. The predicted molar refractivity (Wildman–Crippen MR) is 63.9 cm³/mol. The van der Waals surface area contributed by atoms with E-state index >= 15 is 0 Å². The Labute approximate surface area is 114 Å². The van der Waals surface area contributed by atoms with Crippen LogP contribution in [0.1, 0.15) is 49.4 Å². The van der Waals surface area contributed by atoms with Gasteiger partial charge >= 0.3 is 6.18 Å². The maximum absolute atomic E-state index is 12.8. The zero-order chi connectivity index (χ0) is 14.8. The predicted octanol–water partition coefficient (Wildman–Crippen LogP) is 2.55. The second-order valence-corrected chi connectivity index (χ2v) is 5.15. The molecule has 0 aromatic carbocycles. The van der Waals surface area contributed by atoms with Crippen molar-refractivity contribution >= 4 is 0 Å². The van der Waals surface area contributed by atoms with Crippen molar-refractivity contribution < 1.29 is 22.4 Å². The molecule has 0 amide bonds. The zero-order valence-corrected chi connectivity index (χ0v) is 11.2. The molecule has 5 nitrogen and oxygen atoms in total. The summed E-state index contributed by atoms with van der Waals surface area (Å²) < 4.78 is 48.2. The number of alkyl halides is 3. The molecule has 20 heavy (non-hydrogen) atoms.